The molecule has 32 heavy (non-hydrogen) atoms. The first kappa shape index (κ1) is 20.1. The lowest BCUT2D eigenvalue weighted by Crippen LogP contribution is -2.08. The van der Waals surface area contributed by atoms with Gasteiger partial charge in [0.1, 0.15) is 29.1 Å². The third kappa shape index (κ3) is 3.66. The van der Waals surface area contributed by atoms with E-state index in [1.54, 1.807) is 12.3 Å². The third-order valence-corrected chi connectivity index (χ3v) is 5.45. The van der Waals surface area contributed by atoms with Crippen molar-refractivity contribution in [2.75, 3.05) is 0 Å². The van der Waals surface area contributed by atoms with Crippen molar-refractivity contribution in [2.45, 2.75) is 20.0 Å². The van der Waals surface area contributed by atoms with Gasteiger partial charge in [-0.1, -0.05) is 18.2 Å². The molecule has 0 amide bonds. The molecule has 5 rings (SSSR count). The summed E-state index contributed by atoms with van der Waals surface area (Å²) in [5.74, 6) is -0.107. The minimum absolute atomic E-state index is 0.320. The molecule has 0 aliphatic rings. The highest BCUT2D eigenvalue weighted by atomic mass is 19.1. The van der Waals surface area contributed by atoms with Crippen LogP contribution in [-0.4, -0.2) is 19.1 Å². The highest BCUT2D eigenvalue weighted by Crippen LogP contribution is 2.27. The molecule has 2 aromatic heterocycles. The fraction of sp³-hybridized carbons (Fsp3) is 0.120. The average molecular weight is 432 g/mol. The molecule has 7 heteroatoms. The van der Waals surface area contributed by atoms with E-state index in [9.17, 15) is 13.2 Å². The Morgan fingerprint density at radius 3 is 2.34 bits per heavy atom. The molecule has 0 aliphatic carbocycles. The minimum Gasteiger partial charge on any atom is -0.327 e. The Bertz CT molecular complexity index is 1410. The molecule has 0 bridgehead atoms. The van der Waals surface area contributed by atoms with E-state index in [0.717, 1.165) is 22.9 Å². The van der Waals surface area contributed by atoms with Gasteiger partial charge >= 0.3 is 0 Å². The summed E-state index contributed by atoms with van der Waals surface area (Å²) in [4.78, 5) is 9.19. The van der Waals surface area contributed by atoms with Crippen molar-refractivity contribution in [2.24, 2.45) is 0 Å². The number of aromatic nitrogens is 4. The molecule has 5 aromatic rings. The molecule has 0 saturated carbocycles. The summed E-state index contributed by atoms with van der Waals surface area (Å²) in [5, 5.41) is 0. The van der Waals surface area contributed by atoms with Gasteiger partial charge in [0.05, 0.1) is 17.6 Å². The Morgan fingerprint density at radius 1 is 0.812 bits per heavy atom. The maximum atomic E-state index is 13.7. The second kappa shape index (κ2) is 8.00. The largest absolute Gasteiger partial charge is 0.327 e. The molecule has 4 nitrogen and oxygen atoms in total. The molecule has 0 saturated heterocycles. The molecule has 0 N–H and O–H groups in total. The van der Waals surface area contributed by atoms with Crippen LogP contribution in [0.3, 0.4) is 0 Å². The van der Waals surface area contributed by atoms with Crippen LogP contribution in [0, 0.1) is 17.5 Å². The third-order valence-electron chi connectivity index (χ3n) is 5.45. The van der Waals surface area contributed by atoms with E-state index in [4.69, 9.17) is 4.98 Å². The number of fused-ring (bicyclic) bond motifs is 1. The van der Waals surface area contributed by atoms with Crippen molar-refractivity contribution in [3.05, 3.63) is 96.3 Å². The molecule has 2 heterocycles. The van der Waals surface area contributed by atoms with E-state index in [1.165, 1.54) is 24.3 Å². The molecule has 160 valence electrons. The second-order valence-electron chi connectivity index (χ2n) is 7.52. The smallest absolute Gasteiger partial charge is 0.140 e. The van der Waals surface area contributed by atoms with Crippen molar-refractivity contribution in [1.29, 1.82) is 0 Å². The molecular formula is C25H19F3N4. The number of nitrogens with zero attached hydrogens (tertiary/aromatic N) is 4. The zero-order valence-corrected chi connectivity index (χ0v) is 17.3. The highest BCUT2D eigenvalue weighted by molar-refractivity contribution is 5.82. The van der Waals surface area contributed by atoms with Gasteiger partial charge < -0.3 is 9.13 Å². The first-order valence-corrected chi connectivity index (χ1v) is 10.2. The zero-order valence-electron chi connectivity index (χ0n) is 17.3. The summed E-state index contributed by atoms with van der Waals surface area (Å²) < 4.78 is 45.1. The normalized spacial score (nSPS) is 11.4. The Morgan fingerprint density at radius 2 is 1.59 bits per heavy atom. The molecule has 3 aromatic carbocycles. The van der Waals surface area contributed by atoms with E-state index in [1.807, 2.05) is 42.0 Å². The summed E-state index contributed by atoms with van der Waals surface area (Å²) in [6.07, 6.45) is 3.51. The van der Waals surface area contributed by atoms with Gasteiger partial charge in [-0.2, -0.15) is 0 Å². The van der Waals surface area contributed by atoms with Gasteiger partial charge in [0, 0.05) is 30.6 Å². The molecule has 0 aliphatic heterocycles. The van der Waals surface area contributed by atoms with Crippen LogP contribution in [0.1, 0.15) is 12.7 Å². The molecule has 0 spiro atoms. The van der Waals surface area contributed by atoms with Crippen LogP contribution in [0.5, 0.6) is 0 Å². The van der Waals surface area contributed by atoms with Gasteiger partial charge in [0.25, 0.3) is 0 Å². The van der Waals surface area contributed by atoms with Crippen molar-refractivity contribution < 1.29 is 13.2 Å². The van der Waals surface area contributed by atoms with Gasteiger partial charge in [0.2, 0.25) is 0 Å². The number of imidazole rings is 2. The lowest BCUT2D eigenvalue weighted by Gasteiger charge is -2.10. The summed E-state index contributed by atoms with van der Waals surface area (Å²) in [6, 6.07) is 15.4. The summed E-state index contributed by atoms with van der Waals surface area (Å²) in [6.45, 7) is 3.17. The van der Waals surface area contributed by atoms with Crippen molar-refractivity contribution >= 4 is 11.0 Å². The second-order valence-corrected chi connectivity index (χ2v) is 7.52. The molecule has 0 fully saturated rings. The number of hydrogen-bond donors (Lipinski definition) is 0. The number of halogens is 3. The minimum atomic E-state index is -0.621. The van der Waals surface area contributed by atoms with Gasteiger partial charge in [0.15, 0.2) is 0 Å². The Balaban J connectivity index is 1.55. The maximum Gasteiger partial charge on any atom is 0.140 e. The zero-order chi connectivity index (χ0) is 22.2. The predicted octanol–water partition coefficient (Wildman–Crippen LogP) is 6.05. The molecule has 0 unspecified atom stereocenters. The van der Waals surface area contributed by atoms with E-state index in [0.29, 0.717) is 35.6 Å². The fourth-order valence-corrected chi connectivity index (χ4v) is 4.03. The first-order chi connectivity index (χ1) is 15.5. The van der Waals surface area contributed by atoms with E-state index in [2.05, 4.69) is 9.55 Å². The van der Waals surface area contributed by atoms with Gasteiger partial charge in [-0.3, -0.25) is 0 Å². The van der Waals surface area contributed by atoms with E-state index < -0.39 is 11.6 Å². The Kier molecular flexibility index (Phi) is 5.01. The van der Waals surface area contributed by atoms with Crippen molar-refractivity contribution in [3.8, 4) is 22.5 Å². The fourth-order valence-electron chi connectivity index (χ4n) is 4.03. The summed E-state index contributed by atoms with van der Waals surface area (Å²) >= 11 is 0. The quantitative estimate of drug-likeness (QED) is 0.339. The number of benzene rings is 3. The van der Waals surface area contributed by atoms with Crippen LogP contribution < -0.4 is 0 Å². The molecule has 0 atom stereocenters. The van der Waals surface area contributed by atoms with Gasteiger partial charge in [-0.15, -0.1) is 0 Å². The van der Waals surface area contributed by atoms with Crippen molar-refractivity contribution in [3.63, 3.8) is 0 Å². The first-order valence-electron chi connectivity index (χ1n) is 10.2. The van der Waals surface area contributed by atoms with Crippen LogP contribution >= 0.6 is 0 Å². The maximum absolute atomic E-state index is 13.7. The van der Waals surface area contributed by atoms with Crippen LogP contribution in [-0.2, 0) is 13.1 Å². The van der Waals surface area contributed by atoms with E-state index in [-0.39, 0.29) is 5.82 Å². The number of aryl methyl sites for hydroxylation is 1. The standard InChI is InChI=1S/C25H19F3N4/c1-2-32-23-7-6-16(18-11-20(27)14-21(28)12-18)13-22(23)30-24(32)15-31-9-8-29-25(31)17-4-3-5-19(26)10-17/h3-14H,2,15H2,1H3. The van der Waals surface area contributed by atoms with Gasteiger partial charge in [-0.05, 0) is 54.4 Å². The van der Waals surface area contributed by atoms with Crippen LogP contribution in [0.4, 0.5) is 13.2 Å². The van der Waals surface area contributed by atoms with Crippen LogP contribution in [0.25, 0.3) is 33.5 Å². The Labute approximate surface area is 182 Å². The lowest BCUT2D eigenvalue weighted by atomic mass is 10.0. The summed E-state index contributed by atoms with van der Waals surface area (Å²) in [7, 11) is 0. The van der Waals surface area contributed by atoms with Crippen molar-refractivity contribution in [1.82, 2.24) is 19.1 Å². The summed E-state index contributed by atoms with van der Waals surface area (Å²) in [5.41, 5.74) is 3.49. The van der Waals surface area contributed by atoms with E-state index >= 15 is 0 Å². The Hall–Kier alpha value is -3.87. The topological polar surface area (TPSA) is 35.6 Å². The van der Waals surface area contributed by atoms with Crippen LogP contribution in [0.2, 0.25) is 0 Å². The number of hydrogen-bond acceptors (Lipinski definition) is 2. The lowest BCUT2D eigenvalue weighted by molar-refractivity contribution is 0.584. The number of rotatable bonds is 5. The predicted molar refractivity (Wildman–Crippen MR) is 117 cm³/mol. The average Bonchev–Trinajstić information content (AvgIpc) is 3.36. The monoisotopic (exact) mass is 432 g/mol. The SMILES string of the molecule is CCn1c(Cn2ccnc2-c2cccc(F)c2)nc2cc(-c3cc(F)cc(F)c3)ccc21. The van der Waals surface area contributed by atoms with Gasteiger partial charge in [-0.25, -0.2) is 23.1 Å². The highest BCUT2D eigenvalue weighted by Gasteiger charge is 2.14. The molecule has 0 radical (unpaired) electrons. The van der Waals surface area contributed by atoms with Crippen LogP contribution in [0.15, 0.2) is 73.1 Å². The molecular weight excluding hydrogens is 413 g/mol.